The molecule has 1 aromatic heterocycles. The normalized spacial score (nSPS) is 11.0. The van der Waals surface area contributed by atoms with E-state index in [4.69, 9.17) is 4.74 Å². The summed E-state index contributed by atoms with van der Waals surface area (Å²) in [6.45, 7) is 1.74. The van der Waals surface area contributed by atoms with Gasteiger partial charge in [0.15, 0.2) is 11.6 Å². The maximum Gasteiger partial charge on any atom is 0.263 e. The monoisotopic (exact) mass is 370 g/mol. The summed E-state index contributed by atoms with van der Waals surface area (Å²) >= 11 is 0. The van der Waals surface area contributed by atoms with Crippen LogP contribution in [-0.2, 0) is 10.0 Å². The first kappa shape index (κ1) is 17.7. The molecule has 0 aliphatic heterocycles. The third kappa shape index (κ3) is 4.09. The Bertz CT molecular complexity index is 988. The number of hydrogen-bond acceptors (Lipinski definition) is 6. The number of aryl methyl sites for hydroxylation is 1. The summed E-state index contributed by atoms with van der Waals surface area (Å²) in [6, 6.07) is 17.3. The molecule has 7 nitrogen and oxygen atoms in total. The minimum atomic E-state index is -3.71. The molecule has 2 aromatic carbocycles. The second-order valence-electron chi connectivity index (χ2n) is 5.53. The lowest BCUT2D eigenvalue weighted by molar-refractivity contribution is 0.415. The molecule has 0 fully saturated rings. The Labute approximate surface area is 152 Å². The minimum absolute atomic E-state index is 0.147. The van der Waals surface area contributed by atoms with Crippen molar-refractivity contribution in [2.45, 2.75) is 11.8 Å². The zero-order valence-electron chi connectivity index (χ0n) is 14.3. The first-order chi connectivity index (χ1) is 12.5. The van der Waals surface area contributed by atoms with E-state index in [0.29, 0.717) is 11.4 Å². The fourth-order valence-electron chi connectivity index (χ4n) is 2.33. The van der Waals surface area contributed by atoms with Gasteiger partial charge in [-0.2, -0.15) is 0 Å². The molecule has 0 amide bonds. The highest BCUT2D eigenvalue weighted by Gasteiger charge is 2.17. The van der Waals surface area contributed by atoms with E-state index in [0.717, 1.165) is 11.4 Å². The molecule has 0 aliphatic carbocycles. The molecule has 0 bridgehead atoms. The first-order valence-corrected chi connectivity index (χ1v) is 9.29. The van der Waals surface area contributed by atoms with Gasteiger partial charge in [-0.25, -0.2) is 8.42 Å². The van der Waals surface area contributed by atoms with E-state index >= 15 is 0 Å². The Hall–Kier alpha value is -3.13. The molecule has 0 atom stereocenters. The van der Waals surface area contributed by atoms with Crippen molar-refractivity contribution >= 4 is 27.3 Å². The van der Waals surface area contributed by atoms with Gasteiger partial charge in [0.2, 0.25) is 0 Å². The zero-order valence-corrected chi connectivity index (χ0v) is 15.1. The Balaban J connectivity index is 1.72. The fraction of sp³-hybridized carbons (Fsp3) is 0.111. The van der Waals surface area contributed by atoms with Crippen LogP contribution < -0.4 is 14.8 Å². The molecule has 3 rings (SSSR count). The molecule has 134 valence electrons. The summed E-state index contributed by atoms with van der Waals surface area (Å²) in [7, 11) is -2.11. The number of rotatable bonds is 6. The number of aromatic nitrogens is 2. The van der Waals surface area contributed by atoms with Crippen LogP contribution in [0.5, 0.6) is 5.75 Å². The molecular formula is C18H18N4O3S. The number of ether oxygens (including phenoxy) is 1. The quantitative estimate of drug-likeness (QED) is 0.691. The van der Waals surface area contributed by atoms with Gasteiger partial charge in [-0.15, -0.1) is 10.2 Å². The summed E-state index contributed by atoms with van der Waals surface area (Å²) in [4.78, 5) is 0.210. The molecule has 1 heterocycles. The van der Waals surface area contributed by atoms with Crippen molar-refractivity contribution in [3.63, 3.8) is 0 Å². The van der Waals surface area contributed by atoms with E-state index in [2.05, 4.69) is 20.2 Å². The van der Waals surface area contributed by atoms with Gasteiger partial charge in [-0.3, -0.25) is 4.72 Å². The number of benzene rings is 2. The van der Waals surface area contributed by atoms with E-state index in [9.17, 15) is 8.42 Å². The van der Waals surface area contributed by atoms with E-state index in [1.54, 1.807) is 50.4 Å². The van der Waals surface area contributed by atoms with Crippen LogP contribution in [0.3, 0.4) is 0 Å². The average Bonchev–Trinajstić information content (AvgIpc) is 2.64. The number of sulfonamides is 1. The lowest BCUT2D eigenvalue weighted by Crippen LogP contribution is -2.15. The largest absolute Gasteiger partial charge is 0.497 e. The van der Waals surface area contributed by atoms with E-state index in [1.807, 2.05) is 24.3 Å². The van der Waals surface area contributed by atoms with Gasteiger partial charge in [0.25, 0.3) is 10.0 Å². The molecule has 0 saturated heterocycles. The minimum Gasteiger partial charge on any atom is -0.497 e. The van der Waals surface area contributed by atoms with E-state index in [-0.39, 0.29) is 10.7 Å². The predicted octanol–water partition coefficient (Wildman–Crippen LogP) is 3.34. The van der Waals surface area contributed by atoms with Crippen LogP contribution in [0, 0.1) is 6.92 Å². The summed E-state index contributed by atoms with van der Waals surface area (Å²) < 4.78 is 32.4. The van der Waals surface area contributed by atoms with Crippen molar-refractivity contribution in [3.05, 3.63) is 66.2 Å². The Kier molecular flexibility index (Phi) is 5.04. The smallest absolute Gasteiger partial charge is 0.263 e. The maximum atomic E-state index is 12.5. The lowest BCUT2D eigenvalue weighted by atomic mass is 10.2. The van der Waals surface area contributed by atoms with E-state index in [1.165, 1.54) is 0 Å². The molecule has 3 aromatic rings. The SMILES string of the molecule is COc1ccc(Nc2ccc(NS(=O)(=O)c3ccccc3C)nn2)cc1. The molecule has 26 heavy (non-hydrogen) atoms. The maximum absolute atomic E-state index is 12.5. The second-order valence-corrected chi connectivity index (χ2v) is 7.18. The fourth-order valence-corrected chi connectivity index (χ4v) is 3.57. The second kappa shape index (κ2) is 7.40. The van der Waals surface area contributed by atoms with Gasteiger partial charge < -0.3 is 10.1 Å². The van der Waals surface area contributed by atoms with Crippen LogP contribution in [0.15, 0.2) is 65.6 Å². The van der Waals surface area contributed by atoms with Gasteiger partial charge in [0, 0.05) is 5.69 Å². The molecule has 0 spiro atoms. The predicted molar refractivity (Wildman–Crippen MR) is 100 cm³/mol. The number of anilines is 3. The molecule has 0 aliphatic rings. The molecule has 2 N–H and O–H groups in total. The van der Waals surface area contributed by atoms with E-state index < -0.39 is 10.0 Å². The van der Waals surface area contributed by atoms with Crippen molar-refractivity contribution in [2.75, 3.05) is 17.1 Å². The van der Waals surface area contributed by atoms with Crippen LogP contribution >= 0.6 is 0 Å². The van der Waals surface area contributed by atoms with Crippen molar-refractivity contribution in [1.29, 1.82) is 0 Å². The van der Waals surface area contributed by atoms with Gasteiger partial charge in [0.1, 0.15) is 5.75 Å². The highest BCUT2D eigenvalue weighted by Crippen LogP contribution is 2.20. The molecule has 8 heteroatoms. The standard InChI is InChI=1S/C18H18N4O3S/c1-13-5-3-4-6-16(13)26(23,24)22-18-12-11-17(20-21-18)19-14-7-9-15(25-2)10-8-14/h3-12H,1-2H3,(H,19,20)(H,21,22). The zero-order chi connectivity index (χ0) is 18.6. The van der Waals surface area contributed by atoms with Crippen molar-refractivity contribution in [2.24, 2.45) is 0 Å². The Morgan fingerprint density at radius 1 is 0.885 bits per heavy atom. The number of nitrogens with one attached hydrogen (secondary N) is 2. The summed E-state index contributed by atoms with van der Waals surface area (Å²) in [5.41, 5.74) is 1.47. The molecule has 0 saturated carbocycles. The third-order valence-electron chi connectivity index (χ3n) is 3.65. The van der Waals surface area contributed by atoms with Crippen molar-refractivity contribution in [1.82, 2.24) is 10.2 Å². The molecule has 0 radical (unpaired) electrons. The first-order valence-electron chi connectivity index (χ1n) is 7.81. The van der Waals surface area contributed by atoms with Gasteiger partial charge in [-0.05, 0) is 55.0 Å². The van der Waals surface area contributed by atoms with Gasteiger partial charge in [0.05, 0.1) is 12.0 Å². The van der Waals surface area contributed by atoms with Gasteiger partial charge >= 0.3 is 0 Å². The topological polar surface area (TPSA) is 93.2 Å². The number of methoxy groups -OCH3 is 1. The van der Waals surface area contributed by atoms with Crippen LogP contribution in [0.25, 0.3) is 0 Å². The number of nitrogens with zero attached hydrogens (tertiary/aromatic N) is 2. The van der Waals surface area contributed by atoms with Crippen LogP contribution in [0.4, 0.5) is 17.3 Å². The lowest BCUT2D eigenvalue weighted by Gasteiger charge is -2.10. The van der Waals surface area contributed by atoms with Crippen LogP contribution in [0.1, 0.15) is 5.56 Å². The summed E-state index contributed by atoms with van der Waals surface area (Å²) in [5.74, 6) is 1.39. The summed E-state index contributed by atoms with van der Waals surface area (Å²) in [5, 5.41) is 11.0. The Morgan fingerprint density at radius 3 is 2.15 bits per heavy atom. The highest BCUT2D eigenvalue weighted by atomic mass is 32.2. The average molecular weight is 370 g/mol. The number of hydrogen-bond donors (Lipinski definition) is 2. The summed E-state index contributed by atoms with van der Waals surface area (Å²) in [6.07, 6.45) is 0. The van der Waals surface area contributed by atoms with Crippen LogP contribution in [-0.4, -0.2) is 25.7 Å². The van der Waals surface area contributed by atoms with Crippen LogP contribution in [0.2, 0.25) is 0 Å². The molecule has 0 unspecified atom stereocenters. The third-order valence-corrected chi connectivity index (χ3v) is 5.16. The Morgan fingerprint density at radius 2 is 1.54 bits per heavy atom. The van der Waals surface area contributed by atoms with Gasteiger partial charge in [-0.1, -0.05) is 18.2 Å². The molecular weight excluding hydrogens is 352 g/mol. The van der Waals surface area contributed by atoms with Crippen molar-refractivity contribution < 1.29 is 13.2 Å². The highest BCUT2D eigenvalue weighted by molar-refractivity contribution is 7.92. The van der Waals surface area contributed by atoms with Crippen molar-refractivity contribution in [3.8, 4) is 5.75 Å².